The smallest absolute Gasteiger partial charge is 0.264 e. The lowest BCUT2D eigenvalue weighted by Crippen LogP contribution is -2.22. The average molecular weight is 266 g/mol. The van der Waals surface area contributed by atoms with Gasteiger partial charge in [-0.2, -0.15) is 8.42 Å². The molecule has 1 rings (SSSR count). The Morgan fingerprint density at radius 1 is 1.18 bits per heavy atom. The molecular formula is C11H22O5S. The van der Waals surface area contributed by atoms with Crippen LogP contribution in [0, 0.1) is 0 Å². The Morgan fingerprint density at radius 3 is 2.59 bits per heavy atom. The second-order valence-electron chi connectivity index (χ2n) is 4.25. The van der Waals surface area contributed by atoms with Gasteiger partial charge < -0.3 is 9.47 Å². The zero-order valence-corrected chi connectivity index (χ0v) is 11.2. The van der Waals surface area contributed by atoms with Crippen LogP contribution in [0.25, 0.3) is 0 Å². The van der Waals surface area contributed by atoms with E-state index in [4.69, 9.17) is 9.47 Å². The van der Waals surface area contributed by atoms with Crippen molar-refractivity contribution in [3.63, 3.8) is 0 Å². The fraction of sp³-hybridized carbons (Fsp3) is 1.00. The van der Waals surface area contributed by atoms with E-state index in [1.165, 1.54) is 6.42 Å². The molecule has 6 heteroatoms. The predicted octanol–water partition coefficient (Wildman–Crippen LogP) is 1.68. The fourth-order valence-corrected chi connectivity index (χ4v) is 2.07. The molecule has 1 fully saturated rings. The van der Waals surface area contributed by atoms with E-state index < -0.39 is 10.1 Å². The molecule has 0 N–H and O–H groups in total. The van der Waals surface area contributed by atoms with Crippen LogP contribution in [0.2, 0.25) is 0 Å². The summed E-state index contributed by atoms with van der Waals surface area (Å²) in [5.41, 5.74) is 0. The highest BCUT2D eigenvalue weighted by atomic mass is 32.2. The molecule has 0 aliphatic carbocycles. The van der Waals surface area contributed by atoms with Gasteiger partial charge in [0.25, 0.3) is 10.1 Å². The summed E-state index contributed by atoms with van der Waals surface area (Å²) < 4.78 is 36.9. The summed E-state index contributed by atoms with van der Waals surface area (Å²) in [7, 11) is -3.29. The van der Waals surface area contributed by atoms with Crippen molar-refractivity contribution in [3.05, 3.63) is 0 Å². The van der Waals surface area contributed by atoms with Crippen LogP contribution in [0.15, 0.2) is 0 Å². The molecule has 0 spiro atoms. The zero-order valence-electron chi connectivity index (χ0n) is 10.4. The van der Waals surface area contributed by atoms with Gasteiger partial charge in [-0.25, -0.2) is 0 Å². The van der Waals surface area contributed by atoms with Crippen molar-refractivity contribution < 1.29 is 22.1 Å². The fourth-order valence-electron chi connectivity index (χ4n) is 1.65. The Bertz CT molecular complexity index is 282. The molecule has 0 saturated carbocycles. The molecule has 1 unspecified atom stereocenters. The highest BCUT2D eigenvalue weighted by molar-refractivity contribution is 7.85. The van der Waals surface area contributed by atoms with Crippen LogP contribution in [-0.4, -0.2) is 40.8 Å². The third kappa shape index (κ3) is 8.54. The van der Waals surface area contributed by atoms with Gasteiger partial charge in [0, 0.05) is 13.2 Å². The minimum atomic E-state index is -3.29. The van der Waals surface area contributed by atoms with Crippen LogP contribution >= 0.6 is 0 Å². The predicted molar refractivity (Wildman–Crippen MR) is 64.2 cm³/mol. The molecular weight excluding hydrogens is 244 g/mol. The first-order valence-electron chi connectivity index (χ1n) is 6.15. The molecule has 102 valence electrons. The third-order valence-electron chi connectivity index (χ3n) is 2.53. The van der Waals surface area contributed by atoms with Crippen molar-refractivity contribution in [1.29, 1.82) is 0 Å². The van der Waals surface area contributed by atoms with E-state index in [1.54, 1.807) is 0 Å². The molecule has 5 nitrogen and oxygen atoms in total. The third-order valence-corrected chi connectivity index (χ3v) is 3.12. The molecule has 0 aromatic rings. The van der Waals surface area contributed by atoms with Crippen molar-refractivity contribution in [2.75, 3.05) is 26.1 Å². The Labute approximate surface area is 104 Å². The van der Waals surface area contributed by atoms with Gasteiger partial charge in [0.05, 0.1) is 12.9 Å². The van der Waals surface area contributed by atoms with Gasteiger partial charge in [-0.3, -0.25) is 4.18 Å². The van der Waals surface area contributed by atoms with E-state index in [1.807, 2.05) is 0 Å². The molecule has 0 aromatic carbocycles. The van der Waals surface area contributed by atoms with Gasteiger partial charge in [-0.1, -0.05) is 0 Å². The lowest BCUT2D eigenvalue weighted by Gasteiger charge is -2.22. The van der Waals surface area contributed by atoms with Crippen LogP contribution in [0.5, 0.6) is 0 Å². The van der Waals surface area contributed by atoms with E-state index in [0.29, 0.717) is 6.61 Å². The summed E-state index contributed by atoms with van der Waals surface area (Å²) in [6.45, 7) is 1.73. The van der Waals surface area contributed by atoms with E-state index >= 15 is 0 Å². The summed E-state index contributed by atoms with van der Waals surface area (Å²) in [5.74, 6) is 0. The van der Waals surface area contributed by atoms with Gasteiger partial charge in [-0.15, -0.1) is 0 Å². The number of ether oxygens (including phenoxy) is 2. The topological polar surface area (TPSA) is 61.8 Å². The molecule has 1 saturated heterocycles. The van der Waals surface area contributed by atoms with E-state index in [0.717, 1.165) is 45.0 Å². The van der Waals surface area contributed by atoms with Gasteiger partial charge in [0.1, 0.15) is 0 Å². The largest absolute Gasteiger partial charge is 0.353 e. The monoisotopic (exact) mass is 266 g/mol. The van der Waals surface area contributed by atoms with Crippen LogP contribution in [0.1, 0.15) is 38.5 Å². The van der Waals surface area contributed by atoms with Gasteiger partial charge >= 0.3 is 0 Å². The maximum Gasteiger partial charge on any atom is 0.264 e. The van der Waals surface area contributed by atoms with E-state index in [9.17, 15) is 8.42 Å². The molecule has 1 heterocycles. The molecule has 0 amide bonds. The van der Waals surface area contributed by atoms with Crippen molar-refractivity contribution in [1.82, 2.24) is 0 Å². The van der Waals surface area contributed by atoms with E-state index in [2.05, 4.69) is 4.18 Å². The van der Waals surface area contributed by atoms with Gasteiger partial charge in [-0.05, 0) is 38.5 Å². The second kappa shape index (κ2) is 8.02. The number of unbranched alkanes of at least 4 members (excludes halogenated alkanes) is 2. The first-order valence-corrected chi connectivity index (χ1v) is 7.97. The standard InChI is InChI=1S/C11H22O5S/c1-17(12,13)16-10-5-2-4-8-14-11-7-3-6-9-15-11/h11H,2-10H2,1H3. The van der Waals surface area contributed by atoms with Gasteiger partial charge in [0.15, 0.2) is 6.29 Å². The molecule has 1 atom stereocenters. The molecule has 17 heavy (non-hydrogen) atoms. The summed E-state index contributed by atoms with van der Waals surface area (Å²) in [6.07, 6.45) is 6.87. The second-order valence-corrected chi connectivity index (χ2v) is 5.90. The highest BCUT2D eigenvalue weighted by Gasteiger charge is 2.13. The quantitative estimate of drug-likeness (QED) is 0.494. The van der Waals surface area contributed by atoms with Crippen molar-refractivity contribution in [3.8, 4) is 0 Å². The van der Waals surface area contributed by atoms with Crippen LogP contribution in [0.3, 0.4) is 0 Å². The summed E-state index contributed by atoms with van der Waals surface area (Å²) >= 11 is 0. The maximum absolute atomic E-state index is 10.7. The SMILES string of the molecule is CS(=O)(=O)OCCCCCOC1CCCCO1. The first-order chi connectivity index (χ1) is 8.08. The van der Waals surface area contributed by atoms with Crippen LogP contribution < -0.4 is 0 Å². The number of rotatable bonds is 8. The van der Waals surface area contributed by atoms with Crippen LogP contribution in [-0.2, 0) is 23.8 Å². The molecule has 1 aliphatic rings. The average Bonchev–Trinajstić information content (AvgIpc) is 2.28. The Kier molecular flexibility index (Phi) is 7.03. The van der Waals surface area contributed by atoms with Crippen LogP contribution in [0.4, 0.5) is 0 Å². The summed E-state index contributed by atoms with van der Waals surface area (Å²) in [5, 5.41) is 0. The highest BCUT2D eigenvalue weighted by Crippen LogP contribution is 2.14. The summed E-state index contributed by atoms with van der Waals surface area (Å²) in [4.78, 5) is 0. The normalized spacial score (nSPS) is 21.6. The Balaban J connectivity index is 1.87. The number of hydrogen-bond acceptors (Lipinski definition) is 5. The van der Waals surface area contributed by atoms with E-state index in [-0.39, 0.29) is 12.9 Å². The zero-order chi connectivity index (χ0) is 12.6. The molecule has 0 aromatic heterocycles. The first kappa shape index (κ1) is 14.9. The minimum absolute atomic E-state index is 0.0315. The molecule has 1 aliphatic heterocycles. The minimum Gasteiger partial charge on any atom is -0.353 e. The Morgan fingerprint density at radius 2 is 1.94 bits per heavy atom. The van der Waals surface area contributed by atoms with Crippen molar-refractivity contribution in [2.45, 2.75) is 44.8 Å². The van der Waals surface area contributed by atoms with Crippen molar-refractivity contribution >= 4 is 10.1 Å². The van der Waals surface area contributed by atoms with Gasteiger partial charge in [0.2, 0.25) is 0 Å². The lowest BCUT2D eigenvalue weighted by molar-refractivity contribution is -0.162. The lowest BCUT2D eigenvalue weighted by atomic mass is 10.2. The Hall–Kier alpha value is -0.170. The summed E-state index contributed by atoms with van der Waals surface area (Å²) in [6, 6.07) is 0. The maximum atomic E-state index is 10.7. The van der Waals surface area contributed by atoms with Crippen molar-refractivity contribution in [2.24, 2.45) is 0 Å². The molecule has 0 bridgehead atoms. The number of hydrogen-bond donors (Lipinski definition) is 0. The molecule has 0 radical (unpaired) electrons.